The van der Waals surface area contributed by atoms with Crippen molar-refractivity contribution in [1.29, 1.82) is 0 Å². The number of carbonyl (C=O) groups is 2. The number of hydrogen-bond acceptors (Lipinski definition) is 8. The zero-order valence-corrected chi connectivity index (χ0v) is 29.9. The Morgan fingerprint density at radius 3 is 1.08 bits per heavy atom. The van der Waals surface area contributed by atoms with E-state index in [1.165, 1.54) is 12.1 Å². The molecule has 0 bridgehead atoms. The van der Waals surface area contributed by atoms with Crippen LogP contribution < -0.4 is 22.2 Å². The number of rotatable bonds is 22. The maximum absolute atomic E-state index is 13.8. The molecule has 3 rings (SSSR count). The van der Waals surface area contributed by atoms with Crippen LogP contribution in [0.4, 0.5) is 0 Å². The summed E-state index contributed by atoms with van der Waals surface area (Å²) in [4.78, 5) is 81.9. The maximum Gasteiger partial charge on any atom is 0.329 e. The third kappa shape index (κ3) is 8.91. The Hall–Kier alpha value is -3.56. The molecule has 0 spiro atoms. The Morgan fingerprint density at radius 1 is 0.521 bits per heavy atom. The summed E-state index contributed by atoms with van der Waals surface area (Å²) in [5.41, 5.74) is -2.81. The molecule has 4 atom stereocenters. The molecular formula is C38H56N2O8. The Labute approximate surface area is 283 Å². The highest BCUT2D eigenvalue weighted by Gasteiger charge is 2.31. The van der Waals surface area contributed by atoms with Gasteiger partial charge in [0, 0.05) is 0 Å². The van der Waals surface area contributed by atoms with Crippen molar-refractivity contribution in [2.24, 2.45) is 11.8 Å². The Balaban J connectivity index is 2.05. The van der Waals surface area contributed by atoms with Crippen molar-refractivity contribution in [1.82, 2.24) is 9.13 Å². The molecule has 1 aromatic carbocycles. The van der Waals surface area contributed by atoms with Crippen molar-refractivity contribution in [2.75, 3.05) is 13.2 Å². The average molecular weight is 669 g/mol. The Kier molecular flexibility index (Phi) is 15.3. The van der Waals surface area contributed by atoms with Crippen molar-refractivity contribution >= 4 is 33.5 Å². The lowest BCUT2D eigenvalue weighted by Gasteiger charge is -2.19. The van der Waals surface area contributed by atoms with Crippen LogP contribution in [0.5, 0.6) is 0 Å². The molecule has 4 unspecified atom stereocenters. The third-order valence-electron chi connectivity index (χ3n) is 9.79. The van der Waals surface area contributed by atoms with Crippen LogP contribution >= 0.6 is 0 Å². The summed E-state index contributed by atoms with van der Waals surface area (Å²) in [6.45, 7) is 12.6. The fourth-order valence-electron chi connectivity index (χ4n) is 6.47. The zero-order valence-electron chi connectivity index (χ0n) is 29.9. The number of benzene rings is 1. The van der Waals surface area contributed by atoms with Crippen LogP contribution in [0.15, 0.2) is 31.3 Å². The van der Waals surface area contributed by atoms with E-state index in [1.54, 1.807) is 0 Å². The number of fused-ring (bicyclic) bond motifs is 2. The minimum absolute atomic E-state index is 0.0418. The monoisotopic (exact) mass is 668 g/mol. The Morgan fingerprint density at radius 2 is 0.812 bits per heavy atom. The van der Waals surface area contributed by atoms with E-state index in [4.69, 9.17) is 9.47 Å². The number of ether oxygens (including phenoxy) is 2. The standard InChI is InChI=1S/C38H56N2O8/c1-7-13-17-25(11-5)23-47-37(45)31(19-15-9-3)39-33(41)27-21-29-30(22-28(27)34(39)42)36(44)40(35(29)43)32(20-16-10-4)38(46)48-24-26(12-6)18-14-8-2/h21-22,25-26,31-32H,7-20,23-24H2,1-6H3. The number of nitrogens with zero attached hydrogens (tertiary/aromatic N) is 2. The lowest BCUT2D eigenvalue weighted by atomic mass is 10.0. The third-order valence-corrected chi connectivity index (χ3v) is 9.79. The van der Waals surface area contributed by atoms with E-state index >= 15 is 0 Å². The molecular weight excluding hydrogens is 612 g/mol. The minimum atomic E-state index is -1.11. The van der Waals surface area contributed by atoms with Gasteiger partial charge in [-0.3, -0.25) is 28.3 Å². The molecule has 0 N–H and O–H groups in total. The van der Waals surface area contributed by atoms with Gasteiger partial charge in [0.1, 0.15) is 12.1 Å². The lowest BCUT2D eigenvalue weighted by molar-refractivity contribution is -0.150. The molecule has 0 amide bonds. The summed E-state index contributed by atoms with van der Waals surface area (Å²) in [6.07, 6.45) is 10.8. The van der Waals surface area contributed by atoms with Gasteiger partial charge in [0.2, 0.25) is 0 Å². The average Bonchev–Trinajstić information content (AvgIpc) is 3.47. The predicted octanol–water partition coefficient (Wildman–Crippen LogP) is 6.89. The summed E-state index contributed by atoms with van der Waals surface area (Å²) in [5, 5.41) is -0.167. The molecule has 0 aliphatic carbocycles. The van der Waals surface area contributed by atoms with E-state index in [0.717, 1.165) is 73.3 Å². The summed E-state index contributed by atoms with van der Waals surface area (Å²) in [5.74, 6) is -0.871. The molecule has 0 radical (unpaired) electrons. The van der Waals surface area contributed by atoms with Gasteiger partial charge in [0.25, 0.3) is 22.2 Å². The topological polar surface area (TPSA) is 131 Å². The van der Waals surface area contributed by atoms with Crippen LogP contribution in [-0.2, 0) is 19.1 Å². The second-order valence-corrected chi connectivity index (χ2v) is 13.3. The molecule has 2 heterocycles. The number of hydrogen-bond donors (Lipinski definition) is 0. The first kappa shape index (κ1) is 38.9. The van der Waals surface area contributed by atoms with Crippen LogP contribution in [-0.4, -0.2) is 34.3 Å². The lowest BCUT2D eigenvalue weighted by Crippen LogP contribution is -2.36. The molecule has 0 saturated carbocycles. The van der Waals surface area contributed by atoms with Gasteiger partial charge in [-0.05, 0) is 49.7 Å². The number of unbranched alkanes of at least 4 members (excludes halogenated alkanes) is 4. The van der Waals surface area contributed by atoms with Gasteiger partial charge in [-0.15, -0.1) is 0 Å². The van der Waals surface area contributed by atoms with E-state index in [2.05, 4.69) is 13.8 Å². The summed E-state index contributed by atoms with van der Waals surface area (Å²) in [7, 11) is 0. The summed E-state index contributed by atoms with van der Waals surface area (Å²) in [6, 6.07) is 0.309. The van der Waals surface area contributed by atoms with Gasteiger partial charge in [-0.2, -0.15) is 0 Å². The molecule has 10 heteroatoms. The highest BCUT2D eigenvalue weighted by molar-refractivity contribution is 5.98. The van der Waals surface area contributed by atoms with E-state index < -0.39 is 46.3 Å². The van der Waals surface area contributed by atoms with Gasteiger partial charge in [0.15, 0.2) is 0 Å². The van der Waals surface area contributed by atoms with E-state index in [-0.39, 0.29) is 59.4 Å². The molecule has 0 aliphatic heterocycles. The van der Waals surface area contributed by atoms with Crippen molar-refractivity contribution in [3.05, 3.63) is 53.5 Å². The SMILES string of the molecule is CCCCC(CC)COC(=O)C(CCCC)n1c(=O)c2cc3c(=O)n(C(CCCC)C(=O)OCC(CC)CCCC)c(=O)c3cc2c1=O. The van der Waals surface area contributed by atoms with Gasteiger partial charge >= 0.3 is 11.9 Å². The summed E-state index contributed by atoms with van der Waals surface area (Å²) >= 11 is 0. The van der Waals surface area contributed by atoms with E-state index in [1.807, 2.05) is 27.7 Å². The molecule has 48 heavy (non-hydrogen) atoms. The Bertz CT molecular complexity index is 1510. The van der Waals surface area contributed by atoms with Crippen LogP contribution in [0.2, 0.25) is 0 Å². The first-order valence-corrected chi connectivity index (χ1v) is 18.4. The predicted molar refractivity (Wildman–Crippen MR) is 191 cm³/mol. The number of esters is 2. The van der Waals surface area contributed by atoms with Crippen LogP contribution in [0.3, 0.4) is 0 Å². The second-order valence-electron chi connectivity index (χ2n) is 13.3. The van der Waals surface area contributed by atoms with Gasteiger partial charge in [0.05, 0.1) is 34.8 Å². The van der Waals surface area contributed by atoms with Gasteiger partial charge < -0.3 is 9.47 Å². The zero-order chi connectivity index (χ0) is 35.4. The highest BCUT2D eigenvalue weighted by Crippen LogP contribution is 2.23. The van der Waals surface area contributed by atoms with Crippen molar-refractivity contribution < 1.29 is 19.1 Å². The van der Waals surface area contributed by atoms with Gasteiger partial charge in [-0.1, -0.05) is 106 Å². The maximum atomic E-state index is 13.8. The second kappa shape index (κ2) is 18.8. The van der Waals surface area contributed by atoms with E-state index in [0.29, 0.717) is 12.8 Å². The fraction of sp³-hybridized carbons (Fsp3) is 0.684. The quantitative estimate of drug-likeness (QED) is 0.106. The largest absolute Gasteiger partial charge is 0.464 e. The highest BCUT2D eigenvalue weighted by atomic mass is 16.5. The van der Waals surface area contributed by atoms with Crippen LogP contribution in [0.1, 0.15) is 144 Å². The van der Waals surface area contributed by atoms with Gasteiger partial charge in [-0.25, -0.2) is 9.59 Å². The molecule has 2 aromatic heterocycles. The molecule has 3 aromatic rings. The molecule has 266 valence electrons. The molecule has 0 saturated heterocycles. The van der Waals surface area contributed by atoms with Crippen molar-refractivity contribution in [3.8, 4) is 0 Å². The molecule has 0 fully saturated rings. The van der Waals surface area contributed by atoms with Crippen molar-refractivity contribution in [3.63, 3.8) is 0 Å². The molecule has 0 aliphatic rings. The van der Waals surface area contributed by atoms with Crippen molar-refractivity contribution in [2.45, 2.75) is 144 Å². The first-order chi connectivity index (χ1) is 23.1. The fourth-order valence-corrected chi connectivity index (χ4v) is 6.47. The van der Waals surface area contributed by atoms with Crippen LogP contribution in [0.25, 0.3) is 21.5 Å². The minimum Gasteiger partial charge on any atom is -0.464 e. The summed E-state index contributed by atoms with van der Waals surface area (Å²) < 4.78 is 13.2. The van der Waals surface area contributed by atoms with E-state index in [9.17, 15) is 28.8 Å². The smallest absolute Gasteiger partial charge is 0.329 e. The first-order valence-electron chi connectivity index (χ1n) is 18.4. The van der Waals surface area contributed by atoms with Crippen LogP contribution in [0, 0.1) is 11.8 Å². The molecule has 10 nitrogen and oxygen atoms in total. The number of carbonyl (C=O) groups excluding carboxylic acids is 2. The number of aromatic nitrogens is 2. The normalized spacial score (nSPS) is 14.3.